The first-order valence-electron chi connectivity index (χ1n) is 6.93. The molecule has 0 heterocycles. The normalized spacial score (nSPS) is 12.0. The molecule has 1 atom stereocenters. The van der Waals surface area contributed by atoms with E-state index in [1.165, 1.54) is 31.3 Å². The molecule has 0 aliphatic rings. The van der Waals surface area contributed by atoms with Gasteiger partial charge in [-0.05, 0) is 38.5 Å². The predicted octanol–water partition coefficient (Wildman–Crippen LogP) is 2.09. The monoisotopic (exact) mass is 323 g/mol. The second-order valence-electron chi connectivity index (χ2n) is 5.74. The number of rotatable bonds is 4. The highest BCUT2D eigenvalue weighted by Gasteiger charge is 2.25. The van der Waals surface area contributed by atoms with E-state index in [0.29, 0.717) is 11.3 Å². The van der Waals surface area contributed by atoms with Gasteiger partial charge in [-0.2, -0.15) is 0 Å². The van der Waals surface area contributed by atoms with Gasteiger partial charge in [0.25, 0.3) is 0 Å². The molecule has 8 heteroatoms. The molecule has 0 radical (unpaired) electrons. The van der Waals surface area contributed by atoms with E-state index in [0.717, 1.165) is 0 Å². The summed E-state index contributed by atoms with van der Waals surface area (Å²) in [6.45, 7) is 5.05. The maximum absolute atomic E-state index is 11.7. The van der Waals surface area contributed by atoms with Crippen LogP contribution in [-0.2, 0) is 9.53 Å². The number of urea groups is 1. The number of carboxylic acids is 1. The number of carbonyl (C=O) groups is 3. The van der Waals surface area contributed by atoms with Gasteiger partial charge in [0.05, 0.1) is 0 Å². The lowest BCUT2D eigenvalue weighted by Gasteiger charge is -2.22. The lowest BCUT2D eigenvalue weighted by Crippen LogP contribution is -2.38. The van der Waals surface area contributed by atoms with Gasteiger partial charge in [0.15, 0.2) is 6.04 Å². The van der Waals surface area contributed by atoms with Crippen molar-refractivity contribution >= 4 is 23.8 Å². The molecule has 0 unspecified atom stereocenters. The van der Waals surface area contributed by atoms with Crippen LogP contribution in [-0.4, -0.2) is 35.8 Å². The average Bonchev–Trinajstić information content (AvgIpc) is 2.43. The number of hydrogen-bond donors (Lipinski definition) is 4. The third-order valence-corrected chi connectivity index (χ3v) is 2.64. The number of amides is 3. The van der Waals surface area contributed by atoms with Gasteiger partial charge >= 0.3 is 18.1 Å². The van der Waals surface area contributed by atoms with E-state index in [2.05, 4.69) is 16.0 Å². The Labute approximate surface area is 134 Å². The summed E-state index contributed by atoms with van der Waals surface area (Å²) in [5.74, 6) is -1.22. The zero-order chi connectivity index (χ0) is 17.6. The van der Waals surface area contributed by atoms with Gasteiger partial charge in [-0.3, -0.25) is 0 Å². The molecule has 23 heavy (non-hydrogen) atoms. The fraction of sp³-hybridized carbons (Fsp3) is 0.400. The quantitative estimate of drug-likeness (QED) is 0.677. The molecule has 0 saturated heterocycles. The summed E-state index contributed by atoms with van der Waals surface area (Å²) >= 11 is 0. The number of carbonyl (C=O) groups excluding carboxylic acids is 2. The standard InChI is InChI=1S/C15H21N3O5/c1-15(2,3)23-14(22)18-11(12(19)20)9-5-7-10(8-6-9)17-13(21)16-4/h5-8,11H,1-4H3,(H,18,22)(H,19,20)(H2,16,17,21)/t11-/m1/s1. The maximum atomic E-state index is 11.7. The summed E-state index contributed by atoms with van der Waals surface area (Å²) in [7, 11) is 1.48. The Morgan fingerprint density at radius 1 is 1.13 bits per heavy atom. The van der Waals surface area contributed by atoms with E-state index in [-0.39, 0.29) is 6.03 Å². The van der Waals surface area contributed by atoms with Crippen molar-refractivity contribution in [2.75, 3.05) is 12.4 Å². The van der Waals surface area contributed by atoms with Gasteiger partial charge in [0, 0.05) is 12.7 Å². The Bertz CT molecular complexity index is 578. The Morgan fingerprint density at radius 3 is 2.13 bits per heavy atom. The molecule has 0 aliphatic carbocycles. The molecule has 0 aromatic heterocycles. The van der Waals surface area contributed by atoms with Crippen molar-refractivity contribution in [3.05, 3.63) is 29.8 Å². The van der Waals surface area contributed by atoms with Gasteiger partial charge in [-0.25, -0.2) is 14.4 Å². The number of nitrogens with one attached hydrogen (secondary N) is 3. The molecule has 0 bridgehead atoms. The molecule has 0 aliphatic heterocycles. The lowest BCUT2D eigenvalue weighted by atomic mass is 10.1. The van der Waals surface area contributed by atoms with Crippen molar-refractivity contribution in [1.29, 1.82) is 0 Å². The number of alkyl carbamates (subject to hydrolysis) is 1. The lowest BCUT2D eigenvalue weighted by molar-refractivity contribution is -0.139. The van der Waals surface area contributed by atoms with Crippen molar-refractivity contribution < 1.29 is 24.2 Å². The maximum Gasteiger partial charge on any atom is 0.408 e. The highest BCUT2D eigenvalue weighted by Crippen LogP contribution is 2.18. The van der Waals surface area contributed by atoms with E-state index in [1.807, 2.05) is 0 Å². The van der Waals surface area contributed by atoms with Crippen molar-refractivity contribution in [2.45, 2.75) is 32.4 Å². The number of hydrogen-bond acceptors (Lipinski definition) is 4. The van der Waals surface area contributed by atoms with Gasteiger partial charge in [-0.15, -0.1) is 0 Å². The van der Waals surface area contributed by atoms with E-state index in [9.17, 15) is 19.5 Å². The second-order valence-corrected chi connectivity index (χ2v) is 5.74. The number of anilines is 1. The third-order valence-electron chi connectivity index (χ3n) is 2.64. The number of carboxylic acid groups (broad SMARTS) is 1. The summed E-state index contributed by atoms with van der Waals surface area (Å²) in [4.78, 5) is 34.3. The summed E-state index contributed by atoms with van der Waals surface area (Å²) in [5.41, 5.74) is 0.120. The average molecular weight is 323 g/mol. The van der Waals surface area contributed by atoms with Gasteiger partial charge in [-0.1, -0.05) is 12.1 Å². The van der Waals surface area contributed by atoms with Crippen LogP contribution in [0.1, 0.15) is 32.4 Å². The van der Waals surface area contributed by atoms with Gasteiger partial charge in [0.1, 0.15) is 5.60 Å². The zero-order valence-electron chi connectivity index (χ0n) is 13.5. The fourth-order valence-electron chi connectivity index (χ4n) is 1.67. The molecule has 0 saturated carbocycles. The SMILES string of the molecule is CNC(=O)Nc1ccc([C@@H](NC(=O)OC(C)(C)C)C(=O)O)cc1. The summed E-state index contributed by atoms with van der Waals surface area (Å²) in [6, 6.07) is 4.44. The minimum absolute atomic E-state index is 0.353. The molecule has 1 rings (SSSR count). The zero-order valence-corrected chi connectivity index (χ0v) is 13.5. The first-order valence-corrected chi connectivity index (χ1v) is 6.93. The van der Waals surface area contributed by atoms with Crippen LogP contribution in [0.25, 0.3) is 0 Å². The first kappa shape index (κ1) is 18.3. The summed E-state index contributed by atoms with van der Waals surface area (Å²) in [5, 5.41) is 16.5. The largest absolute Gasteiger partial charge is 0.479 e. The molecule has 1 aromatic carbocycles. The Balaban J connectivity index is 2.84. The van der Waals surface area contributed by atoms with Crippen LogP contribution in [0, 0.1) is 0 Å². The molecule has 3 amide bonds. The topological polar surface area (TPSA) is 117 Å². The Hall–Kier alpha value is -2.77. The Kier molecular flexibility index (Phi) is 5.94. The minimum atomic E-state index is -1.25. The van der Waals surface area contributed by atoms with Gasteiger partial charge in [0.2, 0.25) is 0 Å². The molecule has 8 nitrogen and oxygen atoms in total. The van der Waals surface area contributed by atoms with Crippen LogP contribution in [0.5, 0.6) is 0 Å². The molecule has 0 fully saturated rings. The summed E-state index contributed by atoms with van der Waals surface area (Å²) in [6.07, 6.45) is -0.822. The molecular weight excluding hydrogens is 302 g/mol. The molecule has 4 N–H and O–H groups in total. The fourth-order valence-corrected chi connectivity index (χ4v) is 1.67. The molecular formula is C15H21N3O5. The summed E-state index contributed by atoms with van der Waals surface area (Å²) < 4.78 is 5.05. The van der Waals surface area contributed by atoms with Crippen LogP contribution >= 0.6 is 0 Å². The third kappa shape index (κ3) is 6.25. The smallest absolute Gasteiger partial charge is 0.408 e. The van der Waals surface area contributed by atoms with Crippen LogP contribution in [0.4, 0.5) is 15.3 Å². The highest BCUT2D eigenvalue weighted by molar-refractivity contribution is 5.89. The van der Waals surface area contributed by atoms with E-state index < -0.39 is 23.7 Å². The van der Waals surface area contributed by atoms with Crippen molar-refractivity contribution in [2.24, 2.45) is 0 Å². The van der Waals surface area contributed by atoms with E-state index in [1.54, 1.807) is 20.8 Å². The minimum Gasteiger partial charge on any atom is -0.479 e. The van der Waals surface area contributed by atoms with Crippen molar-refractivity contribution in [3.8, 4) is 0 Å². The van der Waals surface area contributed by atoms with Crippen molar-refractivity contribution in [3.63, 3.8) is 0 Å². The highest BCUT2D eigenvalue weighted by atomic mass is 16.6. The van der Waals surface area contributed by atoms with Crippen LogP contribution in [0.3, 0.4) is 0 Å². The molecule has 126 valence electrons. The number of benzene rings is 1. The van der Waals surface area contributed by atoms with E-state index in [4.69, 9.17) is 4.74 Å². The number of aliphatic carboxylic acids is 1. The predicted molar refractivity (Wildman–Crippen MR) is 84.3 cm³/mol. The van der Waals surface area contributed by atoms with Crippen LogP contribution in [0.2, 0.25) is 0 Å². The number of ether oxygens (including phenoxy) is 1. The van der Waals surface area contributed by atoms with Crippen molar-refractivity contribution in [1.82, 2.24) is 10.6 Å². The van der Waals surface area contributed by atoms with Crippen LogP contribution < -0.4 is 16.0 Å². The molecule has 0 spiro atoms. The second kappa shape index (κ2) is 7.48. The Morgan fingerprint density at radius 2 is 1.70 bits per heavy atom. The van der Waals surface area contributed by atoms with E-state index >= 15 is 0 Å². The van der Waals surface area contributed by atoms with Crippen LogP contribution in [0.15, 0.2) is 24.3 Å². The van der Waals surface area contributed by atoms with Gasteiger partial charge < -0.3 is 25.8 Å². The molecule has 1 aromatic rings. The first-order chi connectivity index (χ1) is 10.6.